The van der Waals surface area contributed by atoms with E-state index in [-0.39, 0.29) is 6.61 Å². The molecule has 32 heavy (non-hydrogen) atoms. The second-order valence-electron chi connectivity index (χ2n) is 7.96. The Kier molecular flexibility index (Phi) is 6.20. The first kappa shape index (κ1) is 20.8. The second-order valence-corrected chi connectivity index (χ2v) is 8.94. The van der Waals surface area contributed by atoms with Crippen molar-refractivity contribution in [2.24, 2.45) is 0 Å². The van der Waals surface area contributed by atoms with Crippen molar-refractivity contribution in [2.75, 3.05) is 18.0 Å². The van der Waals surface area contributed by atoms with Crippen molar-refractivity contribution in [1.82, 2.24) is 15.2 Å². The van der Waals surface area contributed by atoms with Crippen LogP contribution < -0.4 is 4.90 Å². The van der Waals surface area contributed by atoms with E-state index in [1.54, 1.807) is 11.3 Å². The van der Waals surface area contributed by atoms with Gasteiger partial charge in [-0.2, -0.15) is 0 Å². The van der Waals surface area contributed by atoms with Gasteiger partial charge in [0.05, 0.1) is 0 Å². The molecular weight excluding hydrogens is 420 g/mol. The van der Waals surface area contributed by atoms with E-state index < -0.39 is 0 Å². The van der Waals surface area contributed by atoms with E-state index in [0.29, 0.717) is 5.92 Å². The molecule has 6 nitrogen and oxygen atoms in total. The summed E-state index contributed by atoms with van der Waals surface area (Å²) in [4.78, 5) is 11.3. The van der Waals surface area contributed by atoms with Crippen LogP contribution >= 0.6 is 11.3 Å². The molecule has 1 saturated heterocycles. The first-order chi connectivity index (χ1) is 15.8. The molecule has 0 radical (unpaired) electrons. The van der Waals surface area contributed by atoms with Gasteiger partial charge in [0.25, 0.3) is 0 Å². The van der Waals surface area contributed by atoms with Gasteiger partial charge in [0, 0.05) is 30.4 Å². The normalized spacial score (nSPS) is 14.6. The van der Waals surface area contributed by atoms with Crippen molar-refractivity contribution >= 4 is 17.2 Å². The van der Waals surface area contributed by atoms with Crippen molar-refractivity contribution in [2.45, 2.75) is 25.4 Å². The highest BCUT2D eigenvalue weighted by atomic mass is 32.1. The Labute approximate surface area is 191 Å². The van der Waals surface area contributed by atoms with E-state index in [2.05, 4.69) is 62.4 Å². The van der Waals surface area contributed by atoms with Crippen molar-refractivity contribution < 1.29 is 10.1 Å². The molecule has 5 rings (SSSR count). The van der Waals surface area contributed by atoms with Gasteiger partial charge in [-0.25, -0.2) is 9.87 Å². The monoisotopic (exact) mass is 444 g/mol. The Morgan fingerprint density at radius 3 is 2.22 bits per heavy atom. The molecule has 0 bridgehead atoms. The van der Waals surface area contributed by atoms with E-state index in [4.69, 9.17) is 10.2 Å². The maximum Gasteiger partial charge on any atom is 0.149 e. The summed E-state index contributed by atoms with van der Waals surface area (Å²) in [5, 5.41) is 19.0. The SMILES string of the molecule is OOCc1ccc(-c2nnc(-c3ccc(N4CCC(c5ccccc5)CC4)nc3)s2)cc1. The van der Waals surface area contributed by atoms with Gasteiger partial charge in [-0.3, -0.25) is 5.26 Å². The first-order valence-electron chi connectivity index (χ1n) is 10.8. The molecule has 1 N–H and O–H groups in total. The number of rotatable bonds is 6. The molecule has 7 heteroatoms. The van der Waals surface area contributed by atoms with Crippen LogP contribution in [0, 0.1) is 0 Å². The number of piperidine rings is 1. The smallest absolute Gasteiger partial charge is 0.149 e. The molecule has 0 unspecified atom stereocenters. The van der Waals surface area contributed by atoms with Gasteiger partial charge in [-0.05, 0) is 42.0 Å². The third-order valence-electron chi connectivity index (χ3n) is 5.94. The number of benzene rings is 2. The lowest BCUT2D eigenvalue weighted by Gasteiger charge is -2.33. The fourth-order valence-corrected chi connectivity index (χ4v) is 4.98. The number of nitrogens with zero attached hydrogens (tertiary/aromatic N) is 4. The van der Waals surface area contributed by atoms with E-state index in [9.17, 15) is 0 Å². The number of hydrogen-bond donors (Lipinski definition) is 1. The fraction of sp³-hybridized carbons (Fsp3) is 0.240. The highest BCUT2D eigenvalue weighted by Gasteiger charge is 2.21. The van der Waals surface area contributed by atoms with Crippen LogP contribution in [0.2, 0.25) is 0 Å². The Balaban J connectivity index is 1.24. The molecule has 0 aliphatic carbocycles. The van der Waals surface area contributed by atoms with Crippen LogP contribution in [0.4, 0.5) is 5.82 Å². The molecule has 3 heterocycles. The largest absolute Gasteiger partial charge is 0.357 e. The zero-order chi connectivity index (χ0) is 21.8. The number of anilines is 1. The van der Waals surface area contributed by atoms with E-state index >= 15 is 0 Å². The lowest BCUT2D eigenvalue weighted by molar-refractivity contribution is -0.253. The topological polar surface area (TPSA) is 71.4 Å². The standard InChI is InChI=1S/C25H24N4O2S/c30-31-17-18-6-8-21(9-7-18)24-27-28-25(32-24)22-10-11-23(26-16-22)29-14-12-20(13-15-29)19-4-2-1-3-5-19/h1-11,16,20,30H,12-15,17H2. The molecule has 4 aromatic rings. The second kappa shape index (κ2) is 9.56. The third-order valence-corrected chi connectivity index (χ3v) is 6.96. The molecule has 0 saturated carbocycles. The molecule has 162 valence electrons. The molecule has 1 fully saturated rings. The summed E-state index contributed by atoms with van der Waals surface area (Å²) < 4.78 is 0. The van der Waals surface area contributed by atoms with Crippen LogP contribution in [0.25, 0.3) is 21.1 Å². The fourth-order valence-electron chi connectivity index (χ4n) is 4.14. The number of aromatic nitrogens is 3. The highest BCUT2D eigenvalue weighted by molar-refractivity contribution is 7.17. The minimum Gasteiger partial charge on any atom is -0.357 e. The average molecular weight is 445 g/mol. The predicted octanol–water partition coefficient (Wildman–Crippen LogP) is 5.64. The molecule has 2 aromatic carbocycles. The predicted molar refractivity (Wildman–Crippen MR) is 127 cm³/mol. The Morgan fingerprint density at radius 2 is 1.56 bits per heavy atom. The molecule has 0 atom stereocenters. The van der Waals surface area contributed by atoms with Crippen LogP contribution in [0.15, 0.2) is 72.9 Å². The number of pyridine rings is 1. The van der Waals surface area contributed by atoms with Gasteiger partial charge in [0.1, 0.15) is 22.4 Å². The summed E-state index contributed by atoms with van der Waals surface area (Å²) in [6, 6.07) is 22.7. The lowest BCUT2D eigenvalue weighted by atomic mass is 9.89. The molecule has 1 aliphatic heterocycles. The molecule has 1 aliphatic rings. The van der Waals surface area contributed by atoms with E-state index in [1.807, 2.05) is 30.5 Å². The lowest BCUT2D eigenvalue weighted by Crippen LogP contribution is -2.33. The summed E-state index contributed by atoms with van der Waals surface area (Å²) in [5.74, 6) is 1.66. The van der Waals surface area contributed by atoms with Gasteiger partial charge in [-0.1, -0.05) is 65.9 Å². The van der Waals surface area contributed by atoms with Crippen LogP contribution in [-0.4, -0.2) is 33.5 Å². The van der Waals surface area contributed by atoms with E-state index in [1.165, 1.54) is 5.56 Å². The average Bonchev–Trinajstić information content (AvgIpc) is 3.36. The Hall–Kier alpha value is -3.13. The van der Waals surface area contributed by atoms with Gasteiger partial charge in [0.15, 0.2) is 0 Å². The van der Waals surface area contributed by atoms with Crippen LogP contribution in [0.3, 0.4) is 0 Å². The van der Waals surface area contributed by atoms with Gasteiger partial charge in [-0.15, -0.1) is 10.2 Å². The maximum absolute atomic E-state index is 8.57. The van der Waals surface area contributed by atoms with Crippen molar-refractivity contribution in [3.63, 3.8) is 0 Å². The van der Waals surface area contributed by atoms with Gasteiger partial charge in [0.2, 0.25) is 0 Å². The Bertz CT molecular complexity index is 1140. The zero-order valence-electron chi connectivity index (χ0n) is 17.6. The molecule has 2 aromatic heterocycles. The summed E-state index contributed by atoms with van der Waals surface area (Å²) in [7, 11) is 0. The van der Waals surface area contributed by atoms with Crippen molar-refractivity contribution in [3.8, 4) is 21.1 Å². The zero-order valence-corrected chi connectivity index (χ0v) is 18.4. The minimum atomic E-state index is 0.170. The van der Waals surface area contributed by atoms with Gasteiger partial charge >= 0.3 is 0 Å². The van der Waals surface area contributed by atoms with Crippen LogP contribution in [0.5, 0.6) is 0 Å². The van der Waals surface area contributed by atoms with Crippen molar-refractivity contribution in [3.05, 3.63) is 84.1 Å². The minimum absolute atomic E-state index is 0.170. The van der Waals surface area contributed by atoms with Crippen LogP contribution in [-0.2, 0) is 11.5 Å². The summed E-state index contributed by atoms with van der Waals surface area (Å²) >= 11 is 1.54. The summed E-state index contributed by atoms with van der Waals surface area (Å²) in [6.45, 7) is 2.21. The third kappa shape index (κ3) is 4.55. The Morgan fingerprint density at radius 1 is 0.875 bits per heavy atom. The maximum atomic E-state index is 8.57. The number of hydrogen-bond acceptors (Lipinski definition) is 7. The summed E-state index contributed by atoms with van der Waals surface area (Å²) in [6.07, 6.45) is 4.19. The molecule has 0 amide bonds. The molecular formula is C25H24N4O2S. The summed E-state index contributed by atoms with van der Waals surface area (Å²) in [5.41, 5.74) is 4.30. The first-order valence-corrected chi connectivity index (χ1v) is 11.6. The molecule has 0 spiro atoms. The van der Waals surface area contributed by atoms with Crippen molar-refractivity contribution in [1.29, 1.82) is 0 Å². The van der Waals surface area contributed by atoms with E-state index in [0.717, 1.165) is 58.5 Å². The quantitative estimate of drug-likeness (QED) is 0.306. The highest BCUT2D eigenvalue weighted by Crippen LogP contribution is 2.32. The van der Waals surface area contributed by atoms with Crippen LogP contribution in [0.1, 0.15) is 29.9 Å². The van der Waals surface area contributed by atoms with Gasteiger partial charge < -0.3 is 4.90 Å².